The monoisotopic (exact) mass is 322 g/mol. The van der Waals surface area contributed by atoms with Crippen molar-refractivity contribution in [3.05, 3.63) is 60.4 Å². The minimum atomic E-state index is -3.81. The largest absolute Gasteiger partial charge is 0.322 e. The molecular weight excluding hydrogens is 307 g/mol. The lowest BCUT2D eigenvalue weighted by molar-refractivity contribution is -0.117. The maximum atomic E-state index is 13.5. The molecule has 0 saturated heterocycles. The third-order valence-electron chi connectivity index (χ3n) is 2.91. The minimum absolute atomic E-state index is 0.00161. The van der Waals surface area contributed by atoms with Gasteiger partial charge < -0.3 is 5.32 Å². The molecule has 2 aromatic carbocycles. The minimum Gasteiger partial charge on any atom is -0.322 e. The van der Waals surface area contributed by atoms with E-state index < -0.39 is 27.8 Å². The van der Waals surface area contributed by atoms with Gasteiger partial charge in [0.05, 0.1) is 16.6 Å². The van der Waals surface area contributed by atoms with Crippen molar-refractivity contribution in [1.29, 1.82) is 0 Å². The molecule has 0 aliphatic heterocycles. The van der Waals surface area contributed by atoms with Gasteiger partial charge in [-0.25, -0.2) is 12.8 Å². The highest BCUT2D eigenvalue weighted by molar-refractivity contribution is 7.89. The Balaban J connectivity index is 2.07. The summed E-state index contributed by atoms with van der Waals surface area (Å²) in [4.78, 5) is 12.0. The molecule has 0 spiro atoms. The zero-order valence-electron chi connectivity index (χ0n) is 11.8. The first-order chi connectivity index (χ1) is 10.4. The summed E-state index contributed by atoms with van der Waals surface area (Å²) in [6.07, 6.45) is 0. The lowest BCUT2D eigenvalue weighted by Crippen LogP contribution is -2.41. The van der Waals surface area contributed by atoms with E-state index in [2.05, 4.69) is 10.0 Å². The highest BCUT2D eigenvalue weighted by atomic mass is 32.2. The summed E-state index contributed by atoms with van der Waals surface area (Å²) >= 11 is 0. The van der Waals surface area contributed by atoms with Gasteiger partial charge in [0.15, 0.2) is 0 Å². The molecule has 0 aliphatic carbocycles. The molecule has 1 amide bonds. The molecule has 0 fully saturated rings. The van der Waals surface area contributed by atoms with E-state index in [0.29, 0.717) is 0 Å². The first-order valence-electron chi connectivity index (χ1n) is 6.53. The molecule has 0 unspecified atom stereocenters. The average Bonchev–Trinajstić information content (AvgIpc) is 2.50. The molecule has 0 bridgehead atoms. The zero-order valence-corrected chi connectivity index (χ0v) is 12.6. The van der Waals surface area contributed by atoms with Crippen LogP contribution in [0.1, 0.15) is 6.92 Å². The molecule has 116 valence electrons. The van der Waals surface area contributed by atoms with Crippen LogP contribution in [0.15, 0.2) is 59.5 Å². The number of benzene rings is 2. The SMILES string of the molecule is C[C@@H](NS(=O)(=O)c1ccccc1)C(=O)Nc1ccccc1F. The molecule has 2 aromatic rings. The third kappa shape index (κ3) is 3.90. The van der Waals surface area contributed by atoms with Crippen LogP contribution in [0, 0.1) is 5.82 Å². The molecule has 0 aliphatic rings. The molecule has 0 heterocycles. The molecule has 22 heavy (non-hydrogen) atoms. The van der Waals surface area contributed by atoms with E-state index in [4.69, 9.17) is 0 Å². The maximum absolute atomic E-state index is 13.5. The summed E-state index contributed by atoms with van der Waals surface area (Å²) in [6, 6.07) is 12.3. The van der Waals surface area contributed by atoms with Gasteiger partial charge >= 0.3 is 0 Å². The van der Waals surface area contributed by atoms with Crippen molar-refractivity contribution in [3.8, 4) is 0 Å². The fraction of sp³-hybridized carbons (Fsp3) is 0.133. The number of carbonyl (C=O) groups is 1. The van der Waals surface area contributed by atoms with E-state index in [1.807, 2.05) is 0 Å². The standard InChI is InChI=1S/C15H15FN2O3S/c1-11(15(19)17-14-10-6-5-9-13(14)16)18-22(20,21)12-7-3-2-4-8-12/h2-11,18H,1H3,(H,17,19)/t11-/m1/s1. The van der Waals surface area contributed by atoms with Crippen molar-refractivity contribution in [2.75, 3.05) is 5.32 Å². The van der Waals surface area contributed by atoms with Gasteiger partial charge in [0.25, 0.3) is 0 Å². The van der Waals surface area contributed by atoms with Crippen molar-refractivity contribution in [2.24, 2.45) is 0 Å². The van der Waals surface area contributed by atoms with Gasteiger partial charge in [0.2, 0.25) is 15.9 Å². The van der Waals surface area contributed by atoms with Gasteiger partial charge in [-0.2, -0.15) is 4.72 Å². The van der Waals surface area contributed by atoms with Crippen LogP contribution in [0.5, 0.6) is 0 Å². The predicted octanol–water partition coefficient (Wildman–Crippen LogP) is 2.13. The Morgan fingerprint density at radius 3 is 2.27 bits per heavy atom. The lowest BCUT2D eigenvalue weighted by atomic mass is 10.2. The number of nitrogens with one attached hydrogen (secondary N) is 2. The van der Waals surface area contributed by atoms with Gasteiger partial charge in [-0.3, -0.25) is 4.79 Å². The molecular formula is C15H15FN2O3S. The average molecular weight is 322 g/mol. The molecule has 1 atom stereocenters. The number of sulfonamides is 1. The number of carbonyl (C=O) groups excluding carboxylic acids is 1. The number of hydrogen-bond acceptors (Lipinski definition) is 3. The van der Waals surface area contributed by atoms with Crippen LogP contribution in [0.4, 0.5) is 10.1 Å². The summed E-state index contributed by atoms with van der Waals surface area (Å²) in [5.41, 5.74) is -0.00161. The molecule has 2 rings (SSSR count). The molecule has 2 N–H and O–H groups in total. The Bertz CT molecular complexity index is 763. The zero-order chi connectivity index (χ0) is 16.2. The quantitative estimate of drug-likeness (QED) is 0.885. The van der Waals surface area contributed by atoms with Crippen LogP contribution in [0.2, 0.25) is 0 Å². The van der Waals surface area contributed by atoms with Crippen molar-refractivity contribution in [3.63, 3.8) is 0 Å². The lowest BCUT2D eigenvalue weighted by Gasteiger charge is -2.14. The number of hydrogen-bond donors (Lipinski definition) is 2. The fourth-order valence-corrected chi connectivity index (χ4v) is 2.98. The predicted molar refractivity (Wildman–Crippen MR) is 81.3 cm³/mol. The van der Waals surface area contributed by atoms with Crippen LogP contribution in [0.25, 0.3) is 0 Å². The van der Waals surface area contributed by atoms with Gasteiger partial charge in [-0.15, -0.1) is 0 Å². The maximum Gasteiger partial charge on any atom is 0.242 e. The highest BCUT2D eigenvalue weighted by Gasteiger charge is 2.22. The van der Waals surface area contributed by atoms with Crippen LogP contribution >= 0.6 is 0 Å². The van der Waals surface area contributed by atoms with Crippen LogP contribution in [0.3, 0.4) is 0 Å². The van der Waals surface area contributed by atoms with Gasteiger partial charge in [-0.05, 0) is 31.2 Å². The summed E-state index contributed by atoms with van der Waals surface area (Å²) in [6.45, 7) is 1.39. The Morgan fingerprint density at radius 1 is 1.05 bits per heavy atom. The number of para-hydroxylation sites is 1. The second-order valence-corrected chi connectivity index (χ2v) is 6.34. The third-order valence-corrected chi connectivity index (χ3v) is 4.47. The van der Waals surface area contributed by atoms with Crippen molar-refractivity contribution < 1.29 is 17.6 Å². The first-order valence-corrected chi connectivity index (χ1v) is 8.01. The Morgan fingerprint density at radius 2 is 1.64 bits per heavy atom. The Kier molecular flexibility index (Phi) is 4.89. The normalized spacial score (nSPS) is 12.6. The molecule has 0 saturated carbocycles. The molecule has 0 aromatic heterocycles. The summed E-state index contributed by atoms with van der Waals surface area (Å²) in [5.74, 6) is -1.24. The smallest absolute Gasteiger partial charge is 0.242 e. The van der Waals surface area contributed by atoms with Gasteiger partial charge in [0, 0.05) is 0 Å². The van der Waals surface area contributed by atoms with E-state index in [9.17, 15) is 17.6 Å². The van der Waals surface area contributed by atoms with Crippen molar-refractivity contribution in [1.82, 2.24) is 4.72 Å². The van der Waals surface area contributed by atoms with Crippen LogP contribution in [-0.4, -0.2) is 20.4 Å². The second kappa shape index (κ2) is 6.67. The molecule has 0 radical (unpaired) electrons. The summed E-state index contributed by atoms with van der Waals surface area (Å²) in [7, 11) is -3.81. The van der Waals surface area contributed by atoms with E-state index in [0.717, 1.165) is 0 Å². The summed E-state index contributed by atoms with van der Waals surface area (Å²) in [5, 5.41) is 2.34. The van der Waals surface area contributed by atoms with Crippen LogP contribution in [-0.2, 0) is 14.8 Å². The molecule has 7 heteroatoms. The summed E-state index contributed by atoms with van der Waals surface area (Å²) < 4.78 is 39.9. The number of anilines is 1. The number of halogens is 1. The van der Waals surface area contributed by atoms with E-state index in [-0.39, 0.29) is 10.6 Å². The van der Waals surface area contributed by atoms with E-state index >= 15 is 0 Å². The fourth-order valence-electron chi connectivity index (χ4n) is 1.76. The highest BCUT2D eigenvalue weighted by Crippen LogP contribution is 2.13. The van der Waals surface area contributed by atoms with E-state index in [1.165, 1.54) is 37.3 Å². The van der Waals surface area contributed by atoms with Crippen molar-refractivity contribution >= 4 is 21.6 Å². The van der Waals surface area contributed by atoms with Crippen LogP contribution < -0.4 is 10.0 Å². The first kappa shape index (κ1) is 16.1. The van der Waals surface area contributed by atoms with Gasteiger partial charge in [-0.1, -0.05) is 30.3 Å². The van der Waals surface area contributed by atoms with E-state index in [1.54, 1.807) is 24.3 Å². The Hall–Kier alpha value is -2.25. The topological polar surface area (TPSA) is 75.3 Å². The number of amides is 1. The Labute approximate surface area is 128 Å². The number of rotatable bonds is 5. The van der Waals surface area contributed by atoms with Gasteiger partial charge in [0.1, 0.15) is 5.82 Å². The van der Waals surface area contributed by atoms with Crippen molar-refractivity contribution in [2.45, 2.75) is 17.9 Å². The molecule has 5 nitrogen and oxygen atoms in total. The second-order valence-electron chi connectivity index (χ2n) is 4.63.